The minimum absolute atomic E-state index is 0.280. The van der Waals surface area contributed by atoms with E-state index in [1.165, 1.54) is 19.2 Å². The van der Waals surface area contributed by atoms with E-state index >= 15 is 0 Å². The molecule has 0 aliphatic heterocycles. The minimum Gasteiger partial charge on any atom is -0.479 e. The van der Waals surface area contributed by atoms with Gasteiger partial charge in [0.25, 0.3) is 11.8 Å². The van der Waals surface area contributed by atoms with Crippen LogP contribution in [0, 0.1) is 6.92 Å². The number of carbonyl (C=O) groups excluding carboxylic acids is 2. The number of nitrogens with zero attached hydrogens (tertiary/aromatic N) is 1. The van der Waals surface area contributed by atoms with Gasteiger partial charge in [-0.05, 0) is 61.9 Å². The van der Waals surface area contributed by atoms with Gasteiger partial charge in [0.05, 0.1) is 17.8 Å². The zero-order valence-corrected chi connectivity index (χ0v) is 20.8. The molecular formula is C23H20BrCl2N3O4. The average molecular weight is 553 g/mol. The Morgan fingerprint density at radius 1 is 1.18 bits per heavy atom. The lowest BCUT2D eigenvalue weighted by atomic mass is 10.1. The molecule has 0 radical (unpaired) electrons. The van der Waals surface area contributed by atoms with Crippen molar-refractivity contribution in [1.29, 1.82) is 0 Å². The summed E-state index contributed by atoms with van der Waals surface area (Å²) in [6.45, 7) is 3.26. The van der Waals surface area contributed by atoms with E-state index in [1.54, 1.807) is 18.2 Å². The van der Waals surface area contributed by atoms with Gasteiger partial charge >= 0.3 is 0 Å². The molecule has 33 heavy (non-hydrogen) atoms. The third kappa shape index (κ3) is 7.08. The lowest BCUT2D eigenvalue weighted by Gasteiger charge is -2.15. The predicted octanol–water partition coefficient (Wildman–Crippen LogP) is 5.36. The highest BCUT2D eigenvalue weighted by molar-refractivity contribution is 9.10. The third-order valence-corrected chi connectivity index (χ3v) is 5.57. The minimum atomic E-state index is -0.873. The van der Waals surface area contributed by atoms with E-state index in [-0.39, 0.29) is 11.6 Å². The first-order chi connectivity index (χ1) is 15.7. The van der Waals surface area contributed by atoms with Crippen molar-refractivity contribution in [2.75, 3.05) is 6.54 Å². The fourth-order valence-corrected chi connectivity index (χ4v) is 3.86. The molecule has 1 aromatic heterocycles. The van der Waals surface area contributed by atoms with Crippen molar-refractivity contribution in [1.82, 2.24) is 10.7 Å². The van der Waals surface area contributed by atoms with E-state index in [1.807, 2.05) is 31.2 Å². The molecule has 7 nitrogen and oxygen atoms in total. The quantitative estimate of drug-likeness (QED) is 0.291. The van der Waals surface area contributed by atoms with Crippen molar-refractivity contribution in [3.63, 3.8) is 0 Å². The molecule has 10 heteroatoms. The van der Waals surface area contributed by atoms with Crippen molar-refractivity contribution in [3.8, 4) is 17.1 Å². The first-order valence-electron chi connectivity index (χ1n) is 9.80. The molecule has 0 unspecified atom stereocenters. The van der Waals surface area contributed by atoms with Crippen LogP contribution in [0.2, 0.25) is 10.0 Å². The molecule has 3 rings (SSSR count). The molecule has 0 aliphatic rings. The summed E-state index contributed by atoms with van der Waals surface area (Å²) in [4.78, 5) is 24.1. The number of carbonyl (C=O) groups is 2. The lowest BCUT2D eigenvalue weighted by Crippen LogP contribution is -2.41. The number of rotatable bonds is 8. The van der Waals surface area contributed by atoms with Crippen molar-refractivity contribution in [3.05, 3.63) is 74.4 Å². The van der Waals surface area contributed by atoms with E-state index in [0.717, 1.165) is 15.6 Å². The lowest BCUT2D eigenvalue weighted by molar-refractivity contribution is -0.130. The van der Waals surface area contributed by atoms with Crippen LogP contribution in [0.4, 0.5) is 0 Å². The van der Waals surface area contributed by atoms with Gasteiger partial charge in [0.1, 0.15) is 17.3 Å². The molecular weight excluding hydrogens is 533 g/mol. The number of benzene rings is 2. The molecule has 1 heterocycles. The molecule has 2 amide bonds. The van der Waals surface area contributed by atoms with Gasteiger partial charge in [0.2, 0.25) is 0 Å². The largest absolute Gasteiger partial charge is 0.479 e. The maximum Gasteiger partial charge on any atom is 0.261 e. The summed E-state index contributed by atoms with van der Waals surface area (Å²) in [5.41, 5.74) is 4.36. The molecule has 1 atom stereocenters. The number of ether oxygens (including phenoxy) is 1. The molecule has 0 bridgehead atoms. The smallest absolute Gasteiger partial charge is 0.261 e. The van der Waals surface area contributed by atoms with Crippen molar-refractivity contribution in [2.45, 2.75) is 20.0 Å². The number of hydrogen-bond acceptors (Lipinski definition) is 5. The maximum absolute atomic E-state index is 12.2. The van der Waals surface area contributed by atoms with Gasteiger partial charge in [-0.3, -0.25) is 9.59 Å². The van der Waals surface area contributed by atoms with Crippen LogP contribution in [0.3, 0.4) is 0 Å². The molecule has 2 N–H and O–H groups in total. The van der Waals surface area contributed by atoms with E-state index in [2.05, 4.69) is 31.8 Å². The zero-order valence-electron chi connectivity index (χ0n) is 17.7. The summed E-state index contributed by atoms with van der Waals surface area (Å²) < 4.78 is 12.2. The average Bonchev–Trinajstić information content (AvgIpc) is 3.22. The Hall–Kier alpha value is -2.81. The van der Waals surface area contributed by atoms with Gasteiger partial charge in [-0.25, -0.2) is 5.43 Å². The predicted molar refractivity (Wildman–Crippen MR) is 132 cm³/mol. The van der Waals surface area contributed by atoms with Gasteiger partial charge < -0.3 is 14.5 Å². The second-order valence-corrected chi connectivity index (χ2v) is 8.73. The summed E-state index contributed by atoms with van der Waals surface area (Å²) in [7, 11) is 0. The summed E-state index contributed by atoms with van der Waals surface area (Å²) in [5.74, 6) is 0.442. The summed E-state index contributed by atoms with van der Waals surface area (Å²) >= 11 is 15.4. The summed E-state index contributed by atoms with van der Waals surface area (Å²) in [6, 6.07) is 14.2. The second-order valence-electron chi connectivity index (χ2n) is 7.03. The number of hydrazone groups is 1. The van der Waals surface area contributed by atoms with E-state index in [0.29, 0.717) is 22.3 Å². The fraction of sp³-hybridized carbons (Fsp3) is 0.174. The first-order valence-corrected chi connectivity index (χ1v) is 11.4. The van der Waals surface area contributed by atoms with Crippen LogP contribution in [0.1, 0.15) is 18.2 Å². The van der Waals surface area contributed by atoms with E-state index < -0.39 is 17.9 Å². The number of aryl methyl sites for hydroxylation is 1. The second kappa shape index (κ2) is 11.4. The Morgan fingerprint density at radius 2 is 1.97 bits per heavy atom. The highest BCUT2D eigenvalue weighted by Gasteiger charge is 2.17. The molecule has 0 fully saturated rings. The van der Waals surface area contributed by atoms with E-state index in [9.17, 15) is 9.59 Å². The van der Waals surface area contributed by atoms with Crippen LogP contribution in [-0.2, 0) is 9.59 Å². The van der Waals surface area contributed by atoms with Crippen molar-refractivity contribution >= 4 is 57.2 Å². The Labute approximate surface area is 209 Å². The normalized spacial score (nSPS) is 11.9. The topological polar surface area (TPSA) is 92.9 Å². The Kier molecular flexibility index (Phi) is 8.55. The standard InChI is InChI=1S/C23H20BrCl2N3O4/c1-13-3-6-17(18(24)9-13)20-8-5-16(33-20)11-28-29-22(30)12-27-23(31)14(2)32-21-7-4-15(25)10-19(21)26/h3-11,14H,12H2,1-2H3,(H,27,31)(H,29,30)/b28-11-/t14-/m1/s1. The zero-order chi connectivity index (χ0) is 24.0. The van der Waals surface area contributed by atoms with Crippen LogP contribution in [0.25, 0.3) is 11.3 Å². The molecule has 2 aromatic carbocycles. The molecule has 0 saturated carbocycles. The SMILES string of the molecule is Cc1ccc(-c2ccc(/C=N\NC(=O)CNC(=O)[C@@H](C)Oc3ccc(Cl)cc3Cl)o2)c(Br)c1. The molecule has 0 spiro atoms. The first kappa shape index (κ1) is 24.8. The molecule has 0 aliphatic carbocycles. The van der Waals surface area contributed by atoms with Crippen LogP contribution >= 0.6 is 39.1 Å². The number of halogens is 3. The maximum atomic E-state index is 12.2. The monoisotopic (exact) mass is 551 g/mol. The Bertz CT molecular complexity index is 1200. The Morgan fingerprint density at radius 3 is 2.70 bits per heavy atom. The van der Waals surface area contributed by atoms with Gasteiger partial charge in [0, 0.05) is 15.1 Å². The van der Waals surface area contributed by atoms with Crippen molar-refractivity contribution in [2.24, 2.45) is 5.10 Å². The van der Waals surface area contributed by atoms with Gasteiger partial charge in [-0.2, -0.15) is 5.10 Å². The van der Waals surface area contributed by atoms with Crippen LogP contribution in [-0.4, -0.2) is 30.7 Å². The highest BCUT2D eigenvalue weighted by atomic mass is 79.9. The van der Waals surface area contributed by atoms with Crippen molar-refractivity contribution < 1.29 is 18.7 Å². The highest BCUT2D eigenvalue weighted by Crippen LogP contribution is 2.30. The number of amides is 2. The fourth-order valence-electron chi connectivity index (χ4n) is 2.72. The number of furan rings is 1. The van der Waals surface area contributed by atoms with E-state index in [4.69, 9.17) is 32.4 Å². The number of hydrogen-bond donors (Lipinski definition) is 2. The van der Waals surface area contributed by atoms with Crippen LogP contribution in [0.5, 0.6) is 5.75 Å². The van der Waals surface area contributed by atoms with Gasteiger partial charge in [-0.1, -0.05) is 45.2 Å². The van der Waals surface area contributed by atoms with Crippen LogP contribution in [0.15, 0.2) is 62.5 Å². The third-order valence-electron chi connectivity index (χ3n) is 4.39. The molecule has 172 valence electrons. The summed E-state index contributed by atoms with van der Waals surface area (Å²) in [6.07, 6.45) is 0.502. The molecule has 0 saturated heterocycles. The van der Waals surface area contributed by atoms with Crippen LogP contribution < -0.4 is 15.5 Å². The number of nitrogens with one attached hydrogen (secondary N) is 2. The Balaban J connectivity index is 1.46. The van der Waals surface area contributed by atoms with Gasteiger partial charge in [0.15, 0.2) is 6.10 Å². The summed E-state index contributed by atoms with van der Waals surface area (Å²) in [5, 5.41) is 7.06. The van der Waals surface area contributed by atoms with Gasteiger partial charge in [-0.15, -0.1) is 0 Å². The molecule has 3 aromatic rings.